The van der Waals surface area contributed by atoms with Crippen molar-refractivity contribution in [1.82, 2.24) is 10.2 Å². The summed E-state index contributed by atoms with van der Waals surface area (Å²) in [5.74, 6) is -2.90. The molecule has 0 aliphatic heterocycles. The normalized spacial score (nSPS) is 13.0. The molecule has 8 nitrogen and oxygen atoms in total. The standard InChI is InChI=1S/C25H33F2N3O5S/c1-6-17(3)28-25(32)23(7-2)29(15-18-9-8-10-20(13-18)35-4)24(31)16-30(36(5,33)34)19-11-12-21(26)22(27)14-19/h8-14,17,23H,6-7,15-16H2,1-5H3,(H,28,32)/t17-,23+/m0/s1. The summed E-state index contributed by atoms with van der Waals surface area (Å²) in [7, 11) is -2.56. The number of ether oxygens (including phenoxy) is 1. The lowest BCUT2D eigenvalue weighted by Crippen LogP contribution is -2.53. The van der Waals surface area contributed by atoms with E-state index in [-0.39, 0.29) is 30.6 Å². The summed E-state index contributed by atoms with van der Waals surface area (Å²) in [6, 6.07) is 8.48. The largest absolute Gasteiger partial charge is 0.497 e. The van der Waals surface area contributed by atoms with Crippen molar-refractivity contribution < 1.29 is 31.5 Å². The molecule has 0 bridgehead atoms. The van der Waals surface area contributed by atoms with Gasteiger partial charge in [0.2, 0.25) is 21.8 Å². The van der Waals surface area contributed by atoms with Gasteiger partial charge in [-0.2, -0.15) is 0 Å². The van der Waals surface area contributed by atoms with Crippen molar-refractivity contribution in [3.05, 3.63) is 59.7 Å². The van der Waals surface area contributed by atoms with Gasteiger partial charge in [0.15, 0.2) is 11.6 Å². The Balaban J connectivity index is 2.47. The molecule has 36 heavy (non-hydrogen) atoms. The van der Waals surface area contributed by atoms with Gasteiger partial charge in [0.25, 0.3) is 0 Å². The highest BCUT2D eigenvalue weighted by Crippen LogP contribution is 2.22. The van der Waals surface area contributed by atoms with Gasteiger partial charge < -0.3 is 15.0 Å². The van der Waals surface area contributed by atoms with Gasteiger partial charge in [-0.15, -0.1) is 0 Å². The highest BCUT2D eigenvalue weighted by atomic mass is 32.2. The van der Waals surface area contributed by atoms with Gasteiger partial charge in [-0.05, 0) is 49.6 Å². The van der Waals surface area contributed by atoms with Crippen LogP contribution in [0, 0.1) is 11.6 Å². The molecule has 2 aromatic carbocycles. The van der Waals surface area contributed by atoms with Crippen LogP contribution in [0.15, 0.2) is 42.5 Å². The quantitative estimate of drug-likeness (QED) is 0.458. The molecule has 0 radical (unpaired) electrons. The van der Waals surface area contributed by atoms with Crippen LogP contribution >= 0.6 is 0 Å². The minimum Gasteiger partial charge on any atom is -0.497 e. The van der Waals surface area contributed by atoms with Gasteiger partial charge in [0, 0.05) is 18.7 Å². The summed E-state index contributed by atoms with van der Waals surface area (Å²) in [6.45, 7) is 4.79. The van der Waals surface area contributed by atoms with Crippen LogP contribution in [0.5, 0.6) is 5.75 Å². The smallest absolute Gasteiger partial charge is 0.244 e. The molecule has 2 amide bonds. The maximum atomic E-state index is 13.9. The topological polar surface area (TPSA) is 96.0 Å². The van der Waals surface area contributed by atoms with E-state index in [1.807, 2.05) is 13.8 Å². The van der Waals surface area contributed by atoms with Crippen LogP contribution in [0.4, 0.5) is 14.5 Å². The van der Waals surface area contributed by atoms with E-state index in [0.29, 0.717) is 28.1 Å². The summed E-state index contributed by atoms with van der Waals surface area (Å²) in [5, 5.41) is 2.87. The molecule has 0 heterocycles. The minimum atomic E-state index is -4.06. The van der Waals surface area contributed by atoms with Crippen molar-refractivity contribution in [2.75, 3.05) is 24.2 Å². The maximum absolute atomic E-state index is 13.9. The predicted octanol–water partition coefficient (Wildman–Crippen LogP) is 3.46. The summed E-state index contributed by atoms with van der Waals surface area (Å²) in [5.41, 5.74) is 0.458. The Morgan fingerprint density at radius 2 is 1.75 bits per heavy atom. The van der Waals surface area contributed by atoms with Gasteiger partial charge in [-0.1, -0.05) is 26.0 Å². The monoisotopic (exact) mass is 525 g/mol. The first-order valence-electron chi connectivity index (χ1n) is 11.6. The van der Waals surface area contributed by atoms with Gasteiger partial charge in [-0.25, -0.2) is 17.2 Å². The third kappa shape index (κ3) is 7.64. The molecule has 2 atom stereocenters. The van der Waals surface area contributed by atoms with Gasteiger partial charge in [0.05, 0.1) is 19.1 Å². The zero-order valence-electron chi connectivity index (χ0n) is 21.1. The first kappa shape index (κ1) is 29.0. The molecule has 1 N–H and O–H groups in total. The van der Waals surface area contributed by atoms with E-state index < -0.39 is 40.2 Å². The number of anilines is 1. The van der Waals surface area contributed by atoms with E-state index in [9.17, 15) is 26.8 Å². The molecular formula is C25H33F2N3O5S. The van der Waals surface area contributed by atoms with Crippen molar-refractivity contribution >= 4 is 27.5 Å². The second kappa shape index (κ2) is 12.7. The summed E-state index contributed by atoms with van der Waals surface area (Å²) in [4.78, 5) is 28.0. The fourth-order valence-electron chi connectivity index (χ4n) is 3.58. The van der Waals surface area contributed by atoms with Gasteiger partial charge in [0.1, 0.15) is 18.3 Å². The second-order valence-electron chi connectivity index (χ2n) is 8.48. The Kier molecular flexibility index (Phi) is 10.2. The summed E-state index contributed by atoms with van der Waals surface area (Å²) < 4.78 is 58.3. The number of methoxy groups -OCH3 is 1. The highest BCUT2D eigenvalue weighted by molar-refractivity contribution is 7.92. The Hall–Kier alpha value is -3.21. The number of rotatable bonds is 12. The third-order valence-corrected chi connectivity index (χ3v) is 6.88. The average Bonchev–Trinajstić information content (AvgIpc) is 2.83. The molecular weight excluding hydrogens is 492 g/mol. The number of benzene rings is 2. The molecule has 0 saturated heterocycles. The van der Waals surface area contributed by atoms with Crippen molar-refractivity contribution in [3.8, 4) is 5.75 Å². The van der Waals surface area contributed by atoms with E-state index in [4.69, 9.17) is 4.74 Å². The molecule has 0 spiro atoms. The molecule has 0 aromatic heterocycles. The predicted molar refractivity (Wildman–Crippen MR) is 134 cm³/mol. The lowest BCUT2D eigenvalue weighted by atomic mass is 10.1. The number of carbonyl (C=O) groups is 2. The van der Waals surface area contributed by atoms with Crippen LogP contribution in [0.1, 0.15) is 39.2 Å². The average molecular weight is 526 g/mol. The van der Waals surface area contributed by atoms with Crippen LogP contribution in [-0.4, -0.2) is 57.1 Å². The van der Waals surface area contributed by atoms with Gasteiger partial charge >= 0.3 is 0 Å². The number of nitrogens with zero attached hydrogens (tertiary/aromatic N) is 2. The SMILES string of the molecule is CC[C@H](C(=O)N[C@@H](C)CC)N(Cc1cccc(OC)c1)C(=O)CN(c1ccc(F)c(F)c1)S(C)(=O)=O. The van der Waals surface area contributed by atoms with Crippen LogP contribution in [0.2, 0.25) is 0 Å². The molecule has 0 unspecified atom stereocenters. The molecule has 2 rings (SSSR count). The Morgan fingerprint density at radius 3 is 2.31 bits per heavy atom. The highest BCUT2D eigenvalue weighted by Gasteiger charge is 2.32. The van der Waals surface area contributed by atoms with E-state index in [2.05, 4.69) is 5.32 Å². The fraction of sp³-hybridized carbons (Fsp3) is 0.440. The van der Waals surface area contributed by atoms with E-state index in [1.165, 1.54) is 12.0 Å². The molecule has 198 valence electrons. The maximum Gasteiger partial charge on any atom is 0.244 e. The Bertz CT molecular complexity index is 1180. The first-order valence-corrected chi connectivity index (χ1v) is 13.4. The molecule has 0 aliphatic rings. The number of amides is 2. The Labute approximate surface area is 211 Å². The molecule has 11 heteroatoms. The minimum absolute atomic E-state index is 0.00214. The second-order valence-corrected chi connectivity index (χ2v) is 10.4. The van der Waals surface area contributed by atoms with Crippen LogP contribution in [0.3, 0.4) is 0 Å². The van der Waals surface area contributed by atoms with Gasteiger partial charge in [-0.3, -0.25) is 13.9 Å². The Morgan fingerprint density at radius 1 is 1.06 bits per heavy atom. The van der Waals surface area contributed by atoms with E-state index in [1.54, 1.807) is 31.2 Å². The lowest BCUT2D eigenvalue weighted by Gasteiger charge is -2.33. The van der Waals surface area contributed by atoms with Crippen molar-refractivity contribution in [3.63, 3.8) is 0 Å². The molecule has 0 saturated carbocycles. The van der Waals surface area contributed by atoms with Crippen molar-refractivity contribution in [1.29, 1.82) is 0 Å². The number of nitrogens with one attached hydrogen (secondary N) is 1. The molecule has 0 aliphatic carbocycles. The fourth-order valence-corrected chi connectivity index (χ4v) is 4.42. The number of carbonyl (C=O) groups excluding carboxylic acids is 2. The zero-order chi connectivity index (χ0) is 27.0. The van der Waals surface area contributed by atoms with Crippen LogP contribution in [0.25, 0.3) is 0 Å². The third-order valence-electron chi connectivity index (χ3n) is 5.74. The van der Waals surface area contributed by atoms with Crippen LogP contribution < -0.4 is 14.4 Å². The molecule has 2 aromatic rings. The van der Waals surface area contributed by atoms with E-state index in [0.717, 1.165) is 18.4 Å². The summed E-state index contributed by atoms with van der Waals surface area (Å²) >= 11 is 0. The van der Waals surface area contributed by atoms with Crippen molar-refractivity contribution in [2.24, 2.45) is 0 Å². The number of hydrogen-bond donors (Lipinski definition) is 1. The summed E-state index contributed by atoms with van der Waals surface area (Å²) in [6.07, 6.45) is 1.81. The van der Waals surface area contributed by atoms with E-state index >= 15 is 0 Å². The lowest BCUT2D eigenvalue weighted by molar-refractivity contribution is -0.140. The van der Waals surface area contributed by atoms with Crippen LogP contribution in [-0.2, 0) is 26.2 Å². The number of hydrogen-bond acceptors (Lipinski definition) is 5. The molecule has 0 fully saturated rings. The van der Waals surface area contributed by atoms with Crippen molar-refractivity contribution in [2.45, 2.75) is 52.2 Å². The number of sulfonamides is 1. The number of halogens is 2. The zero-order valence-corrected chi connectivity index (χ0v) is 21.9. The first-order chi connectivity index (χ1) is 16.9.